The zero-order chi connectivity index (χ0) is 15.6. The first-order valence-corrected chi connectivity index (χ1v) is 7.59. The van der Waals surface area contributed by atoms with Gasteiger partial charge in [-0.2, -0.15) is 0 Å². The lowest BCUT2D eigenvalue weighted by Gasteiger charge is -2.23. The third-order valence-electron chi connectivity index (χ3n) is 4.28. The van der Waals surface area contributed by atoms with Crippen LogP contribution in [0, 0.1) is 0 Å². The van der Waals surface area contributed by atoms with E-state index in [0.29, 0.717) is 5.03 Å². The van der Waals surface area contributed by atoms with Crippen molar-refractivity contribution in [3.63, 3.8) is 0 Å². The number of anilines is 2. The highest BCUT2D eigenvalue weighted by atomic mass is 35.5. The molecule has 0 saturated heterocycles. The van der Waals surface area contributed by atoms with Crippen LogP contribution < -0.4 is 10.2 Å². The molecule has 1 aliphatic rings. The summed E-state index contributed by atoms with van der Waals surface area (Å²) in [4.78, 5) is 2.32. The predicted molar refractivity (Wildman–Crippen MR) is 94.3 cm³/mol. The summed E-state index contributed by atoms with van der Waals surface area (Å²) in [5.41, 5.74) is 4.69. The number of likely N-dealkylation sites (N-methyl/N-ethyl adjacent to an activating group) is 1. The molecule has 3 heteroatoms. The second kappa shape index (κ2) is 5.98. The Kier molecular flexibility index (Phi) is 4.48. The van der Waals surface area contributed by atoms with Crippen molar-refractivity contribution in [2.75, 3.05) is 23.8 Å². The smallest absolute Gasteiger partial charge is 0.0569 e. The SMILES string of the molecule is C=C/C=C(/Nc1ccc2c(c1)C(C)(CC)CN2C)C(=C)Cl. The summed E-state index contributed by atoms with van der Waals surface area (Å²) in [5, 5.41) is 3.80. The van der Waals surface area contributed by atoms with Gasteiger partial charge in [0, 0.05) is 30.4 Å². The molecular weight excluding hydrogens is 280 g/mol. The zero-order valence-corrected chi connectivity index (χ0v) is 13.8. The Labute approximate surface area is 132 Å². The van der Waals surface area contributed by atoms with Crippen molar-refractivity contribution in [1.82, 2.24) is 0 Å². The van der Waals surface area contributed by atoms with Gasteiger partial charge in [-0.15, -0.1) is 0 Å². The second-order valence-corrected chi connectivity index (χ2v) is 6.30. The standard InChI is InChI=1S/C18H23ClN2/c1-6-8-16(13(3)19)20-14-9-10-17-15(11-14)18(4,7-2)12-21(17)5/h6,8-11,20H,1,3,7,12H2,2,4-5H3/b16-8+. The predicted octanol–water partition coefficient (Wildman–Crippen LogP) is 5.04. The summed E-state index contributed by atoms with van der Waals surface area (Å²) >= 11 is 6.01. The van der Waals surface area contributed by atoms with Gasteiger partial charge in [0.25, 0.3) is 0 Å². The summed E-state index contributed by atoms with van der Waals surface area (Å²) in [6.45, 7) is 13.1. The molecule has 0 bridgehead atoms. The van der Waals surface area contributed by atoms with Crippen LogP contribution in [0.4, 0.5) is 11.4 Å². The number of benzene rings is 1. The van der Waals surface area contributed by atoms with Crippen LogP contribution in [0.5, 0.6) is 0 Å². The van der Waals surface area contributed by atoms with Gasteiger partial charge in [0.05, 0.1) is 10.7 Å². The van der Waals surface area contributed by atoms with E-state index in [1.165, 1.54) is 11.3 Å². The quantitative estimate of drug-likeness (QED) is 0.767. The van der Waals surface area contributed by atoms with E-state index in [4.69, 9.17) is 11.6 Å². The fourth-order valence-corrected chi connectivity index (χ4v) is 3.01. The normalized spacial score (nSPS) is 21.1. The third kappa shape index (κ3) is 3.01. The number of hydrogen-bond acceptors (Lipinski definition) is 2. The van der Waals surface area contributed by atoms with Crippen LogP contribution in [0.25, 0.3) is 0 Å². The molecule has 1 heterocycles. The Morgan fingerprint density at radius 2 is 2.24 bits per heavy atom. The van der Waals surface area contributed by atoms with Crippen molar-refractivity contribution in [2.45, 2.75) is 25.7 Å². The largest absolute Gasteiger partial charge is 0.373 e. The average Bonchev–Trinajstić information content (AvgIpc) is 2.70. The van der Waals surface area contributed by atoms with Gasteiger partial charge >= 0.3 is 0 Å². The summed E-state index contributed by atoms with van der Waals surface area (Å²) in [7, 11) is 2.15. The molecule has 0 fully saturated rings. The summed E-state index contributed by atoms with van der Waals surface area (Å²) in [5.74, 6) is 0. The minimum absolute atomic E-state index is 0.196. The van der Waals surface area contributed by atoms with E-state index in [1.54, 1.807) is 6.08 Å². The molecule has 0 aliphatic carbocycles. The number of rotatable bonds is 5. The molecule has 0 aromatic heterocycles. The van der Waals surface area contributed by atoms with Gasteiger partial charge in [0.2, 0.25) is 0 Å². The van der Waals surface area contributed by atoms with E-state index in [0.717, 1.165) is 24.4 Å². The van der Waals surface area contributed by atoms with E-state index in [-0.39, 0.29) is 5.41 Å². The van der Waals surface area contributed by atoms with Crippen molar-refractivity contribution < 1.29 is 0 Å². The third-order valence-corrected chi connectivity index (χ3v) is 4.48. The number of nitrogens with zero attached hydrogens (tertiary/aromatic N) is 1. The molecule has 1 unspecified atom stereocenters. The van der Waals surface area contributed by atoms with Gasteiger partial charge in [0.1, 0.15) is 0 Å². The zero-order valence-electron chi connectivity index (χ0n) is 13.0. The van der Waals surface area contributed by atoms with Crippen LogP contribution in [0.2, 0.25) is 0 Å². The van der Waals surface area contributed by atoms with Gasteiger partial charge < -0.3 is 10.2 Å². The number of fused-ring (bicyclic) bond motifs is 1. The Morgan fingerprint density at radius 1 is 1.52 bits per heavy atom. The van der Waals surface area contributed by atoms with Gasteiger partial charge in [0.15, 0.2) is 0 Å². The minimum atomic E-state index is 0.196. The lowest BCUT2D eigenvalue weighted by Crippen LogP contribution is -2.27. The molecule has 21 heavy (non-hydrogen) atoms. The first-order valence-electron chi connectivity index (χ1n) is 7.21. The molecule has 1 aromatic rings. The summed E-state index contributed by atoms with van der Waals surface area (Å²) in [6, 6.07) is 6.47. The van der Waals surface area contributed by atoms with Gasteiger partial charge in [-0.1, -0.05) is 44.7 Å². The summed E-state index contributed by atoms with van der Waals surface area (Å²) in [6.07, 6.45) is 4.65. The molecule has 0 saturated carbocycles. The molecule has 1 atom stereocenters. The van der Waals surface area contributed by atoms with Gasteiger partial charge in [-0.25, -0.2) is 0 Å². The topological polar surface area (TPSA) is 15.3 Å². The lowest BCUT2D eigenvalue weighted by molar-refractivity contribution is 0.487. The molecule has 112 valence electrons. The van der Waals surface area contributed by atoms with Crippen molar-refractivity contribution >= 4 is 23.0 Å². The maximum Gasteiger partial charge on any atom is 0.0569 e. The van der Waals surface area contributed by atoms with Crippen LogP contribution >= 0.6 is 11.6 Å². The Morgan fingerprint density at radius 3 is 2.81 bits per heavy atom. The first kappa shape index (κ1) is 15.7. The maximum atomic E-state index is 6.01. The van der Waals surface area contributed by atoms with E-state index >= 15 is 0 Å². The number of hydrogen-bond donors (Lipinski definition) is 1. The molecule has 2 nitrogen and oxygen atoms in total. The van der Waals surface area contributed by atoms with E-state index in [1.807, 2.05) is 6.08 Å². The van der Waals surface area contributed by atoms with E-state index in [2.05, 4.69) is 62.5 Å². The molecule has 2 rings (SSSR count). The monoisotopic (exact) mass is 302 g/mol. The van der Waals surface area contributed by atoms with E-state index < -0.39 is 0 Å². The number of allylic oxidation sites excluding steroid dienone is 3. The fourth-order valence-electron chi connectivity index (χ4n) is 2.90. The highest BCUT2D eigenvalue weighted by molar-refractivity contribution is 6.31. The molecule has 0 radical (unpaired) electrons. The first-order chi connectivity index (χ1) is 9.91. The Bertz CT molecular complexity index is 603. The molecular formula is C18H23ClN2. The molecule has 1 aliphatic heterocycles. The van der Waals surface area contributed by atoms with Crippen molar-refractivity contribution in [3.8, 4) is 0 Å². The van der Waals surface area contributed by atoms with E-state index in [9.17, 15) is 0 Å². The molecule has 1 N–H and O–H groups in total. The molecule has 0 amide bonds. The summed E-state index contributed by atoms with van der Waals surface area (Å²) < 4.78 is 0. The Balaban J connectivity index is 2.38. The van der Waals surface area contributed by atoms with Crippen LogP contribution in [0.3, 0.4) is 0 Å². The number of halogens is 1. The molecule has 0 spiro atoms. The minimum Gasteiger partial charge on any atom is -0.373 e. The van der Waals surface area contributed by atoms with Crippen molar-refractivity contribution in [3.05, 3.63) is 59.8 Å². The highest BCUT2D eigenvalue weighted by Crippen LogP contribution is 2.43. The van der Waals surface area contributed by atoms with Crippen molar-refractivity contribution in [2.24, 2.45) is 0 Å². The van der Waals surface area contributed by atoms with Crippen LogP contribution in [0.15, 0.2) is 54.2 Å². The van der Waals surface area contributed by atoms with Crippen LogP contribution in [-0.4, -0.2) is 13.6 Å². The fraction of sp³-hybridized carbons (Fsp3) is 0.333. The maximum absolute atomic E-state index is 6.01. The average molecular weight is 303 g/mol. The lowest BCUT2D eigenvalue weighted by atomic mass is 9.82. The van der Waals surface area contributed by atoms with Crippen molar-refractivity contribution in [1.29, 1.82) is 0 Å². The van der Waals surface area contributed by atoms with Gasteiger partial charge in [-0.3, -0.25) is 0 Å². The highest BCUT2D eigenvalue weighted by Gasteiger charge is 2.35. The second-order valence-electron chi connectivity index (χ2n) is 5.85. The number of nitrogens with one attached hydrogen (secondary N) is 1. The van der Waals surface area contributed by atoms with Crippen LogP contribution in [0.1, 0.15) is 25.8 Å². The molecule has 1 aromatic carbocycles. The van der Waals surface area contributed by atoms with Gasteiger partial charge in [-0.05, 0) is 36.3 Å². The Hall–Kier alpha value is -1.67. The van der Waals surface area contributed by atoms with Crippen LogP contribution in [-0.2, 0) is 5.41 Å².